The summed E-state index contributed by atoms with van der Waals surface area (Å²) >= 11 is 0. The zero-order valence-electron chi connectivity index (χ0n) is 20.5. The van der Waals surface area contributed by atoms with Crippen LogP contribution < -0.4 is 9.05 Å². The Balaban J connectivity index is 2.62. The normalized spacial score (nSPS) is 20.2. The van der Waals surface area contributed by atoms with E-state index >= 15 is 0 Å². The Morgan fingerprint density at radius 3 is 1.97 bits per heavy atom. The summed E-state index contributed by atoms with van der Waals surface area (Å²) in [7, 11) is -6.64. The highest BCUT2D eigenvalue weighted by molar-refractivity contribution is 7.53. The van der Waals surface area contributed by atoms with E-state index in [0.29, 0.717) is 24.7 Å². The molecule has 2 rings (SSSR count). The van der Waals surface area contributed by atoms with Gasteiger partial charge in [0.2, 0.25) is 0 Å². The molecule has 0 amide bonds. The molecule has 1 aromatic rings. The lowest BCUT2D eigenvalue weighted by molar-refractivity contribution is 0.280. The minimum atomic E-state index is -3.32. The molecule has 0 fully saturated rings. The van der Waals surface area contributed by atoms with Crippen LogP contribution in [0.3, 0.4) is 0 Å². The molecule has 8 heteroatoms. The lowest BCUT2D eigenvalue weighted by atomic mass is 9.84. The van der Waals surface area contributed by atoms with Gasteiger partial charge in [-0.15, -0.1) is 0 Å². The molecule has 1 aromatic carbocycles. The number of rotatable bonds is 13. The number of unbranched alkanes of at least 4 members (excludes halogenated alkanes) is 2. The predicted octanol–water partition coefficient (Wildman–Crippen LogP) is 8.11. The first-order chi connectivity index (χ1) is 15.1. The number of benzene rings is 1. The second kappa shape index (κ2) is 12.4. The summed E-state index contributed by atoms with van der Waals surface area (Å²) in [6.07, 6.45) is 9.26. The van der Waals surface area contributed by atoms with E-state index in [-0.39, 0.29) is 5.92 Å². The summed E-state index contributed by atoms with van der Waals surface area (Å²) < 4.78 is 48.8. The van der Waals surface area contributed by atoms with Gasteiger partial charge in [-0.2, -0.15) is 0 Å². The molecule has 1 aliphatic carbocycles. The van der Waals surface area contributed by atoms with E-state index in [1.54, 1.807) is 13.8 Å². The second-order valence-electron chi connectivity index (χ2n) is 8.54. The largest absolute Gasteiger partial charge is 0.424 e. The van der Waals surface area contributed by atoms with Crippen LogP contribution in [0.4, 0.5) is 0 Å². The average molecular weight is 487 g/mol. The molecule has 32 heavy (non-hydrogen) atoms. The molecule has 0 bridgehead atoms. The average Bonchev–Trinajstić information content (AvgIpc) is 2.67. The molecule has 0 aromatic heterocycles. The van der Waals surface area contributed by atoms with Crippen LogP contribution in [0, 0.1) is 0 Å². The molecule has 1 aliphatic rings. The minimum Gasteiger partial charge on any atom is -0.424 e. The SMILES string of the molecule is CCCCCc1cc(OP(C)(=O)OCC)c(C2C=C(C)CCC2)c(OP(C)(=O)OCC)c1. The maximum atomic E-state index is 13.0. The van der Waals surface area contributed by atoms with Crippen LogP contribution in [0.25, 0.3) is 0 Å². The molecule has 3 unspecified atom stereocenters. The third-order valence-electron chi connectivity index (χ3n) is 5.43. The van der Waals surface area contributed by atoms with Gasteiger partial charge in [0, 0.05) is 24.8 Å². The van der Waals surface area contributed by atoms with Crippen molar-refractivity contribution in [2.45, 2.75) is 78.6 Å². The van der Waals surface area contributed by atoms with Gasteiger partial charge in [0.05, 0.1) is 13.2 Å². The number of aryl methyl sites for hydroxylation is 1. The minimum absolute atomic E-state index is 0.0155. The second-order valence-corrected chi connectivity index (χ2v) is 12.5. The van der Waals surface area contributed by atoms with Gasteiger partial charge in [-0.05, 0) is 70.6 Å². The molecular formula is C24H40O6P2. The van der Waals surface area contributed by atoms with E-state index in [0.717, 1.165) is 56.1 Å². The van der Waals surface area contributed by atoms with E-state index in [2.05, 4.69) is 19.9 Å². The van der Waals surface area contributed by atoms with Crippen molar-refractivity contribution in [1.82, 2.24) is 0 Å². The summed E-state index contributed by atoms with van der Waals surface area (Å²) in [5.74, 6) is 0.989. The van der Waals surface area contributed by atoms with Gasteiger partial charge in [-0.3, -0.25) is 0 Å². The molecule has 0 heterocycles. The lowest BCUT2D eigenvalue weighted by Crippen LogP contribution is -2.09. The van der Waals surface area contributed by atoms with Gasteiger partial charge in [0.15, 0.2) is 0 Å². The summed E-state index contributed by atoms with van der Waals surface area (Å²) in [6.45, 7) is 11.4. The van der Waals surface area contributed by atoms with Gasteiger partial charge in [-0.25, -0.2) is 9.13 Å². The predicted molar refractivity (Wildman–Crippen MR) is 132 cm³/mol. The van der Waals surface area contributed by atoms with Gasteiger partial charge in [-0.1, -0.05) is 31.4 Å². The number of allylic oxidation sites excluding steroid dienone is 2. The highest BCUT2D eigenvalue weighted by Crippen LogP contribution is 2.53. The van der Waals surface area contributed by atoms with Crippen molar-refractivity contribution in [3.63, 3.8) is 0 Å². The zero-order chi connectivity index (χ0) is 23.8. The van der Waals surface area contributed by atoms with Crippen molar-refractivity contribution in [2.75, 3.05) is 26.5 Å². The maximum absolute atomic E-state index is 13.0. The first kappa shape index (κ1) is 27.2. The first-order valence-electron chi connectivity index (χ1n) is 11.8. The van der Waals surface area contributed by atoms with Gasteiger partial charge in [0.25, 0.3) is 0 Å². The lowest BCUT2D eigenvalue weighted by Gasteiger charge is -2.27. The van der Waals surface area contributed by atoms with Crippen LogP contribution in [0.5, 0.6) is 11.5 Å². The monoisotopic (exact) mass is 486 g/mol. The summed E-state index contributed by atoms with van der Waals surface area (Å²) in [4.78, 5) is 0. The summed E-state index contributed by atoms with van der Waals surface area (Å²) in [6, 6.07) is 3.90. The molecule has 0 spiro atoms. The van der Waals surface area contributed by atoms with Crippen molar-refractivity contribution >= 4 is 15.2 Å². The van der Waals surface area contributed by atoms with Crippen molar-refractivity contribution < 1.29 is 27.2 Å². The molecule has 0 radical (unpaired) electrons. The Hall–Kier alpha value is -1.06. The van der Waals surface area contributed by atoms with E-state index < -0.39 is 15.2 Å². The molecule has 0 saturated heterocycles. The van der Waals surface area contributed by atoms with Crippen molar-refractivity contribution in [2.24, 2.45) is 0 Å². The highest BCUT2D eigenvalue weighted by Gasteiger charge is 2.30. The van der Waals surface area contributed by atoms with Crippen LogP contribution in [0.1, 0.15) is 83.3 Å². The molecule has 0 saturated carbocycles. The Kier molecular flexibility index (Phi) is 10.5. The third-order valence-corrected chi connectivity index (χ3v) is 7.94. The molecule has 6 nitrogen and oxygen atoms in total. The van der Waals surface area contributed by atoms with E-state index in [9.17, 15) is 9.13 Å². The number of hydrogen-bond donors (Lipinski definition) is 0. The Bertz CT molecular complexity index is 830. The fourth-order valence-corrected chi connectivity index (χ4v) is 6.17. The Labute approximate surface area is 194 Å². The van der Waals surface area contributed by atoms with Gasteiger partial charge in [0.1, 0.15) is 11.5 Å². The smallest absolute Gasteiger partial charge is 0.376 e. The molecule has 3 atom stereocenters. The van der Waals surface area contributed by atoms with Crippen LogP contribution in [0.15, 0.2) is 23.8 Å². The quantitative estimate of drug-likeness (QED) is 0.159. The highest BCUT2D eigenvalue weighted by atomic mass is 31.2. The van der Waals surface area contributed by atoms with Crippen molar-refractivity contribution in [3.05, 3.63) is 34.9 Å². The van der Waals surface area contributed by atoms with Gasteiger partial charge >= 0.3 is 15.2 Å². The maximum Gasteiger partial charge on any atom is 0.376 e. The fourth-order valence-electron chi connectivity index (χ4n) is 4.11. The van der Waals surface area contributed by atoms with Gasteiger partial charge < -0.3 is 18.1 Å². The van der Waals surface area contributed by atoms with Crippen LogP contribution >= 0.6 is 15.2 Å². The van der Waals surface area contributed by atoms with Crippen LogP contribution in [0.2, 0.25) is 0 Å². The fraction of sp³-hybridized carbons (Fsp3) is 0.667. The molecule has 182 valence electrons. The topological polar surface area (TPSA) is 71.1 Å². The third kappa shape index (κ3) is 8.37. The first-order valence-corrected chi connectivity index (χ1v) is 15.8. The van der Waals surface area contributed by atoms with E-state index in [1.807, 2.05) is 12.1 Å². The van der Waals surface area contributed by atoms with E-state index in [1.165, 1.54) is 18.9 Å². The van der Waals surface area contributed by atoms with Crippen LogP contribution in [-0.4, -0.2) is 26.5 Å². The summed E-state index contributed by atoms with van der Waals surface area (Å²) in [5, 5.41) is 0. The van der Waals surface area contributed by atoms with Crippen LogP contribution in [-0.2, 0) is 24.6 Å². The molecular weight excluding hydrogens is 446 g/mol. The zero-order valence-corrected chi connectivity index (χ0v) is 22.3. The summed E-state index contributed by atoms with van der Waals surface area (Å²) in [5.41, 5.74) is 3.06. The van der Waals surface area contributed by atoms with E-state index in [4.69, 9.17) is 18.1 Å². The molecule has 0 aliphatic heterocycles. The van der Waals surface area contributed by atoms with Crippen molar-refractivity contribution in [1.29, 1.82) is 0 Å². The number of hydrogen-bond acceptors (Lipinski definition) is 6. The van der Waals surface area contributed by atoms with Crippen molar-refractivity contribution in [3.8, 4) is 11.5 Å². The standard InChI is InChI=1S/C24H40O6P2/c1-7-10-11-14-20-17-22(29-31(5,25)27-8-2)24(21-15-12-13-19(4)16-21)23(18-20)30-32(6,26)28-9-3/h16-18,21H,7-15H2,1-6H3. The molecule has 0 N–H and O–H groups in total. The Morgan fingerprint density at radius 1 is 0.938 bits per heavy atom. The Morgan fingerprint density at radius 2 is 1.50 bits per heavy atom.